The van der Waals surface area contributed by atoms with Crippen molar-refractivity contribution in [2.24, 2.45) is 11.8 Å². The van der Waals surface area contributed by atoms with Crippen LogP contribution in [0.5, 0.6) is 0 Å². The summed E-state index contributed by atoms with van der Waals surface area (Å²) in [6.07, 6.45) is -6.30. The first-order valence-electron chi connectivity index (χ1n) is 7.53. The Bertz CT molecular complexity index is 397. The van der Waals surface area contributed by atoms with Crippen LogP contribution in [-0.2, 0) is 4.74 Å². The molecule has 1 saturated carbocycles. The smallest absolute Gasteiger partial charge is 0.410 e. The van der Waals surface area contributed by atoms with Crippen LogP contribution in [-0.4, -0.2) is 40.9 Å². The van der Waals surface area contributed by atoms with Gasteiger partial charge in [-0.1, -0.05) is 0 Å². The lowest BCUT2D eigenvalue weighted by atomic mass is 10.0. The van der Waals surface area contributed by atoms with Crippen molar-refractivity contribution in [2.75, 3.05) is 13.1 Å². The maximum absolute atomic E-state index is 12.0. The van der Waals surface area contributed by atoms with Crippen LogP contribution < -0.4 is 0 Å². The third kappa shape index (κ3) is 2.48. The van der Waals surface area contributed by atoms with E-state index in [-0.39, 0.29) is 13.1 Å². The molecule has 0 radical (unpaired) electrons. The van der Waals surface area contributed by atoms with Crippen LogP contribution in [0, 0.1) is 11.8 Å². The summed E-state index contributed by atoms with van der Waals surface area (Å²) in [5, 5.41) is 9.82. The number of fused-ring (bicyclic) bond motifs is 1. The van der Waals surface area contributed by atoms with Gasteiger partial charge in [0.2, 0.25) is 0 Å². The summed E-state index contributed by atoms with van der Waals surface area (Å²) in [6.45, 7) is 5.37. The quantitative estimate of drug-likeness (QED) is 0.689. The number of carbonyl (C=O) groups is 1. The van der Waals surface area contributed by atoms with Crippen molar-refractivity contribution in [3.63, 3.8) is 0 Å². The average molecular weight is 231 g/mol. The van der Waals surface area contributed by atoms with Gasteiger partial charge < -0.3 is 14.7 Å². The number of hydrogen-bond donors (Lipinski definition) is 1. The zero-order valence-corrected chi connectivity index (χ0v) is 9.86. The van der Waals surface area contributed by atoms with E-state index < -0.39 is 42.4 Å². The van der Waals surface area contributed by atoms with Crippen LogP contribution in [0.15, 0.2) is 0 Å². The van der Waals surface area contributed by atoms with E-state index >= 15 is 0 Å². The predicted molar refractivity (Wildman–Crippen MR) is 60.0 cm³/mol. The second-order valence-electron chi connectivity index (χ2n) is 5.33. The lowest BCUT2D eigenvalue weighted by Crippen LogP contribution is -2.36. The van der Waals surface area contributed by atoms with E-state index in [1.165, 1.54) is 4.90 Å². The molecule has 0 aromatic carbocycles. The molecule has 1 unspecified atom stereocenters. The SMILES string of the molecule is [2H]C1([2H])C(O)C([2H])([2H])[C@H]2CN(C(=O)OC(C)(C)C)C[C@H]21. The average Bonchev–Trinajstić information content (AvgIpc) is 2.75. The highest BCUT2D eigenvalue weighted by Crippen LogP contribution is 2.38. The number of aliphatic hydroxyl groups excluding tert-OH is 1. The van der Waals surface area contributed by atoms with Crippen molar-refractivity contribution in [2.45, 2.75) is 45.2 Å². The Kier molecular flexibility index (Phi) is 1.84. The third-order valence-electron chi connectivity index (χ3n) is 2.72. The number of aliphatic hydroxyl groups is 1. The Morgan fingerprint density at radius 3 is 2.31 bits per heavy atom. The summed E-state index contributed by atoms with van der Waals surface area (Å²) in [4.78, 5) is 13.3. The van der Waals surface area contributed by atoms with Gasteiger partial charge in [0.15, 0.2) is 0 Å². The summed E-state index contributed by atoms with van der Waals surface area (Å²) in [7, 11) is 0. The fourth-order valence-electron chi connectivity index (χ4n) is 2.07. The molecule has 1 heterocycles. The number of amides is 1. The van der Waals surface area contributed by atoms with Crippen molar-refractivity contribution >= 4 is 6.09 Å². The lowest BCUT2D eigenvalue weighted by Gasteiger charge is -2.25. The first-order chi connectivity index (χ1) is 8.87. The number of likely N-dealkylation sites (tertiary alicyclic amines) is 1. The minimum Gasteiger partial charge on any atom is -0.444 e. The molecule has 4 nitrogen and oxygen atoms in total. The van der Waals surface area contributed by atoms with E-state index in [4.69, 9.17) is 10.2 Å². The monoisotopic (exact) mass is 231 g/mol. The molecular formula is C12H21NO3. The highest BCUT2D eigenvalue weighted by Gasteiger charge is 2.42. The zero-order valence-electron chi connectivity index (χ0n) is 13.9. The van der Waals surface area contributed by atoms with Gasteiger partial charge in [-0.2, -0.15) is 0 Å². The Morgan fingerprint density at radius 1 is 1.38 bits per heavy atom. The van der Waals surface area contributed by atoms with Gasteiger partial charge in [-0.15, -0.1) is 0 Å². The molecule has 16 heavy (non-hydrogen) atoms. The lowest BCUT2D eigenvalue weighted by molar-refractivity contribution is 0.0269. The second-order valence-corrected chi connectivity index (χ2v) is 5.33. The van der Waals surface area contributed by atoms with Gasteiger partial charge >= 0.3 is 6.09 Å². The summed E-state index contributed by atoms with van der Waals surface area (Å²) >= 11 is 0. The molecule has 0 spiro atoms. The third-order valence-corrected chi connectivity index (χ3v) is 2.72. The van der Waals surface area contributed by atoms with Gasteiger partial charge in [0.05, 0.1) is 6.10 Å². The van der Waals surface area contributed by atoms with Gasteiger partial charge in [0.25, 0.3) is 0 Å². The molecule has 2 aliphatic rings. The number of carbonyl (C=O) groups excluding carboxylic acids is 1. The highest BCUT2D eigenvalue weighted by atomic mass is 16.6. The van der Waals surface area contributed by atoms with Gasteiger partial charge in [-0.25, -0.2) is 4.79 Å². The van der Waals surface area contributed by atoms with Crippen LogP contribution in [0.1, 0.15) is 39.0 Å². The van der Waals surface area contributed by atoms with Crippen molar-refractivity contribution in [3.05, 3.63) is 0 Å². The van der Waals surface area contributed by atoms with Crippen molar-refractivity contribution in [3.8, 4) is 0 Å². The van der Waals surface area contributed by atoms with Crippen LogP contribution in [0.2, 0.25) is 0 Å². The summed E-state index contributed by atoms with van der Waals surface area (Å²) in [5.41, 5.74) is -0.646. The number of rotatable bonds is 0. The Hall–Kier alpha value is -0.770. The number of hydrogen-bond acceptors (Lipinski definition) is 3. The fourth-order valence-corrected chi connectivity index (χ4v) is 2.07. The van der Waals surface area contributed by atoms with Gasteiger partial charge in [0.1, 0.15) is 5.60 Å². The largest absolute Gasteiger partial charge is 0.444 e. The van der Waals surface area contributed by atoms with E-state index in [1.54, 1.807) is 20.8 Å². The molecule has 1 N–H and O–H groups in total. The molecule has 1 aliphatic heterocycles. The van der Waals surface area contributed by atoms with E-state index in [0.717, 1.165) is 0 Å². The molecule has 92 valence electrons. The highest BCUT2D eigenvalue weighted by molar-refractivity contribution is 5.68. The molecule has 1 aliphatic carbocycles. The van der Waals surface area contributed by atoms with Gasteiger partial charge in [0, 0.05) is 18.6 Å². The molecule has 1 saturated heterocycles. The molecule has 1 amide bonds. The molecule has 3 atom stereocenters. The first kappa shape index (κ1) is 7.54. The van der Waals surface area contributed by atoms with Crippen molar-refractivity contribution in [1.82, 2.24) is 4.90 Å². The summed E-state index contributed by atoms with van der Waals surface area (Å²) in [6, 6.07) is 0. The van der Waals surface area contributed by atoms with Gasteiger partial charge in [-0.05, 0) is 45.4 Å². The molecule has 0 bridgehead atoms. The van der Waals surface area contributed by atoms with Crippen LogP contribution in [0.3, 0.4) is 0 Å². The molecule has 0 aromatic heterocycles. The minimum absolute atomic E-state index is 0.0726. The molecule has 0 aromatic rings. The molecule has 4 heteroatoms. The summed E-state index contributed by atoms with van der Waals surface area (Å²) in [5.74, 6) is -1.42. The Morgan fingerprint density at radius 2 is 1.88 bits per heavy atom. The van der Waals surface area contributed by atoms with E-state index in [9.17, 15) is 9.90 Å². The zero-order chi connectivity index (χ0) is 15.5. The summed E-state index contributed by atoms with van der Waals surface area (Å²) < 4.78 is 36.8. The minimum atomic E-state index is -2.04. The van der Waals surface area contributed by atoms with E-state index in [0.29, 0.717) is 0 Å². The Labute approximate surface area is 102 Å². The fraction of sp³-hybridized carbons (Fsp3) is 0.917. The topological polar surface area (TPSA) is 49.8 Å². The van der Waals surface area contributed by atoms with Crippen molar-refractivity contribution < 1.29 is 20.1 Å². The first-order valence-corrected chi connectivity index (χ1v) is 5.53. The molecular weight excluding hydrogens is 206 g/mol. The van der Waals surface area contributed by atoms with Crippen LogP contribution >= 0.6 is 0 Å². The van der Waals surface area contributed by atoms with Crippen LogP contribution in [0.25, 0.3) is 0 Å². The molecule has 2 fully saturated rings. The molecule has 2 rings (SSSR count). The standard InChI is InChI=1S/C12H21NO3/c1-12(2,3)16-11(15)13-6-8-4-10(14)5-9(8)7-13/h8-10,14H,4-7H2,1-3H3/t8-,9+,10?/i4D2,5D2. The Balaban J connectivity index is 2.15. The predicted octanol–water partition coefficient (Wildman–Crippen LogP) is 1.62. The maximum atomic E-state index is 12.0. The van der Waals surface area contributed by atoms with Gasteiger partial charge in [-0.3, -0.25) is 0 Å². The van der Waals surface area contributed by atoms with E-state index in [1.807, 2.05) is 0 Å². The van der Waals surface area contributed by atoms with Crippen molar-refractivity contribution in [1.29, 1.82) is 0 Å². The second kappa shape index (κ2) is 3.91. The number of ether oxygens (including phenoxy) is 1. The van der Waals surface area contributed by atoms with E-state index in [2.05, 4.69) is 0 Å². The van der Waals surface area contributed by atoms with Crippen LogP contribution in [0.4, 0.5) is 4.79 Å². The number of nitrogens with zero attached hydrogens (tertiary/aromatic N) is 1. The maximum Gasteiger partial charge on any atom is 0.410 e. The normalized spacial score (nSPS) is 44.0.